The highest BCUT2D eigenvalue weighted by molar-refractivity contribution is 9.10. The summed E-state index contributed by atoms with van der Waals surface area (Å²) in [6, 6.07) is 9.24. The molecule has 1 aromatic carbocycles. The summed E-state index contributed by atoms with van der Waals surface area (Å²) in [5.41, 5.74) is 1.07. The van der Waals surface area contributed by atoms with Crippen molar-refractivity contribution in [2.75, 3.05) is 27.8 Å². The van der Waals surface area contributed by atoms with Crippen LogP contribution < -0.4 is 14.8 Å². The molecule has 1 unspecified atom stereocenters. The molecule has 6 nitrogen and oxygen atoms in total. The van der Waals surface area contributed by atoms with Crippen LogP contribution in [-0.2, 0) is 17.8 Å². The summed E-state index contributed by atoms with van der Waals surface area (Å²) in [6.45, 7) is 3.00. The summed E-state index contributed by atoms with van der Waals surface area (Å²) in [5.74, 6) is 2.18. The molecule has 26 heavy (non-hydrogen) atoms. The van der Waals surface area contributed by atoms with Gasteiger partial charge in [0.1, 0.15) is 5.76 Å². The zero-order valence-electron chi connectivity index (χ0n) is 15.5. The fourth-order valence-corrected chi connectivity index (χ4v) is 2.87. The lowest BCUT2D eigenvalue weighted by atomic mass is 10.1. The highest BCUT2D eigenvalue weighted by Crippen LogP contribution is 2.27. The number of ether oxygens (including phenoxy) is 2. The van der Waals surface area contributed by atoms with E-state index < -0.39 is 0 Å². The van der Waals surface area contributed by atoms with Gasteiger partial charge in [-0.25, -0.2) is 0 Å². The molecule has 0 aliphatic heterocycles. The minimum absolute atomic E-state index is 0.0152. The van der Waals surface area contributed by atoms with E-state index in [0.29, 0.717) is 35.7 Å². The van der Waals surface area contributed by atoms with Crippen molar-refractivity contribution in [1.29, 1.82) is 0 Å². The summed E-state index contributed by atoms with van der Waals surface area (Å²) in [7, 11) is 5.12. The van der Waals surface area contributed by atoms with E-state index in [1.54, 1.807) is 14.2 Å². The molecule has 1 atom stereocenters. The lowest BCUT2D eigenvalue weighted by molar-refractivity contribution is -0.125. The zero-order chi connectivity index (χ0) is 19.1. The van der Waals surface area contributed by atoms with Gasteiger partial charge in [-0.3, -0.25) is 9.69 Å². The summed E-state index contributed by atoms with van der Waals surface area (Å²) in [4.78, 5) is 14.3. The molecule has 0 aliphatic rings. The smallest absolute Gasteiger partial charge is 0.237 e. The monoisotopic (exact) mass is 424 g/mol. The van der Waals surface area contributed by atoms with Crippen LogP contribution in [0.25, 0.3) is 0 Å². The van der Waals surface area contributed by atoms with E-state index in [4.69, 9.17) is 13.9 Å². The Morgan fingerprint density at radius 3 is 2.58 bits per heavy atom. The van der Waals surface area contributed by atoms with Gasteiger partial charge in [-0.2, -0.15) is 0 Å². The molecule has 142 valence electrons. The molecule has 0 aliphatic carbocycles. The summed E-state index contributed by atoms with van der Waals surface area (Å²) in [6.07, 6.45) is 0.716. The van der Waals surface area contributed by atoms with Gasteiger partial charge in [0.15, 0.2) is 16.2 Å². The second kappa shape index (κ2) is 9.64. The maximum absolute atomic E-state index is 12.4. The summed E-state index contributed by atoms with van der Waals surface area (Å²) in [5, 5.41) is 2.98. The van der Waals surface area contributed by atoms with Gasteiger partial charge in [-0.05, 0) is 66.2 Å². The number of hydrogen-bond donors (Lipinski definition) is 1. The van der Waals surface area contributed by atoms with Gasteiger partial charge >= 0.3 is 0 Å². The molecule has 1 heterocycles. The van der Waals surface area contributed by atoms with Crippen molar-refractivity contribution in [1.82, 2.24) is 10.2 Å². The van der Waals surface area contributed by atoms with Crippen LogP contribution in [0.3, 0.4) is 0 Å². The molecule has 7 heteroatoms. The van der Waals surface area contributed by atoms with Gasteiger partial charge in [-0.15, -0.1) is 0 Å². The van der Waals surface area contributed by atoms with Gasteiger partial charge in [0, 0.05) is 6.54 Å². The molecular formula is C19H25BrN2O4. The van der Waals surface area contributed by atoms with Crippen molar-refractivity contribution >= 4 is 21.8 Å². The SMILES string of the molecule is COc1ccc(CCNC(=O)C(C)N(C)Cc2ccc(Br)o2)cc1OC. The highest BCUT2D eigenvalue weighted by atomic mass is 79.9. The van der Waals surface area contributed by atoms with Crippen LogP contribution >= 0.6 is 15.9 Å². The van der Waals surface area contributed by atoms with Gasteiger partial charge in [0.25, 0.3) is 0 Å². The first-order chi connectivity index (χ1) is 12.4. The molecule has 1 N–H and O–H groups in total. The number of nitrogens with one attached hydrogen (secondary N) is 1. The van der Waals surface area contributed by atoms with Gasteiger partial charge in [0.2, 0.25) is 5.91 Å². The van der Waals surface area contributed by atoms with Crippen molar-refractivity contribution in [3.05, 3.63) is 46.3 Å². The highest BCUT2D eigenvalue weighted by Gasteiger charge is 2.18. The Kier molecular flexibility index (Phi) is 7.53. The van der Waals surface area contributed by atoms with Crippen molar-refractivity contribution in [3.63, 3.8) is 0 Å². The fourth-order valence-electron chi connectivity index (χ4n) is 2.53. The predicted molar refractivity (Wildman–Crippen MR) is 104 cm³/mol. The Balaban J connectivity index is 1.82. The lowest BCUT2D eigenvalue weighted by Gasteiger charge is -2.22. The molecule has 0 bridgehead atoms. The number of likely N-dealkylation sites (N-methyl/N-ethyl adjacent to an activating group) is 1. The number of amides is 1. The van der Waals surface area contributed by atoms with E-state index in [9.17, 15) is 4.79 Å². The fraction of sp³-hybridized carbons (Fsp3) is 0.421. The molecular weight excluding hydrogens is 400 g/mol. The van der Waals surface area contributed by atoms with Crippen LogP contribution in [0, 0.1) is 0 Å². The third-order valence-corrected chi connectivity index (χ3v) is 4.66. The second-order valence-corrected chi connectivity index (χ2v) is 6.81. The molecule has 0 saturated carbocycles. The lowest BCUT2D eigenvalue weighted by Crippen LogP contribution is -2.43. The maximum Gasteiger partial charge on any atom is 0.237 e. The minimum atomic E-state index is -0.260. The summed E-state index contributed by atoms with van der Waals surface area (Å²) < 4.78 is 16.7. The third-order valence-electron chi connectivity index (χ3n) is 4.24. The standard InChI is InChI=1S/C19H25BrN2O4/c1-13(22(2)12-15-6-8-18(20)26-15)19(23)21-10-9-14-5-7-16(24-3)17(11-14)25-4/h5-8,11,13H,9-10,12H2,1-4H3,(H,21,23). The number of furan rings is 1. The normalized spacial score (nSPS) is 12.1. The van der Waals surface area contributed by atoms with Crippen LogP contribution in [-0.4, -0.2) is 44.7 Å². The van der Waals surface area contributed by atoms with Crippen LogP contribution in [0.4, 0.5) is 0 Å². The topological polar surface area (TPSA) is 63.9 Å². The molecule has 1 amide bonds. The van der Waals surface area contributed by atoms with Crippen LogP contribution in [0.15, 0.2) is 39.4 Å². The van der Waals surface area contributed by atoms with E-state index in [1.807, 2.05) is 49.2 Å². The van der Waals surface area contributed by atoms with E-state index in [-0.39, 0.29) is 11.9 Å². The van der Waals surface area contributed by atoms with Crippen molar-refractivity contribution in [2.24, 2.45) is 0 Å². The average molecular weight is 425 g/mol. The Labute approximate surface area is 162 Å². The number of carbonyl (C=O) groups is 1. The number of nitrogens with zero attached hydrogens (tertiary/aromatic N) is 1. The molecule has 2 rings (SSSR count). The number of halogens is 1. The van der Waals surface area contributed by atoms with Gasteiger partial charge in [-0.1, -0.05) is 6.07 Å². The molecule has 0 fully saturated rings. The number of benzene rings is 1. The number of hydrogen-bond acceptors (Lipinski definition) is 5. The first-order valence-electron chi connectivity index (χ1n) is 8.37. The van der Waals surface area contributed by atoms with E-state index in [0.717, 1.165) is 11.3 Å². The minimum Gasteiger partial charge on any atom is -0.493 e. The third kappa shape index (κ3) is 5.51. The number of methoxy groups -OCH3 is 2. The average Bonchev–Trinajstić information content (AvgIpc) is 3.05. The molecule has 0 radical (unpaired) electrons. The van der Waals surface area contributed by atoms with Crippen molar-refractivity contribution in [3.8, 4) is 11.5 Å². The zero-order valence-corrected chi connectivity index (χ0v) is 17.1. The van der Waals surface area contributed by atoms with Gasteiger partial charge in [0.05, 0.1) is 26.8 Å². The molecule has 2 aromatic rings. The number of carbonyl (C=O) groups excluding carboxylic acids is 1. The van der Waals surface area contributed by atoms with E-state index >= 15 is 0 Å². The maximum atomic E-state index is 12.4. The Morgan fingerprint density at radius 2 is 1.96 bits per heavy atom. The second-order valence-electron chi connectivity index (χ2n) is 6.03. The van der Waals surface area contributed by atoms with Crippen LogP contribution in [0.5, 0.6) is 11.5 Å². The quantitative estimate of drug-likeness (QED) is 0.669. The van der Waals surface area contributed by atoms with Crippen molar-refractivity contribution < 1.29 is 18.7 Å². The Morgan fingerprint density at radius 1 is 1.23 bits per heavy atom. The first kappa shape index (κ1) is 20.3. The predicted octanol–water partition coefficient (Wildman–Crippen LogP) is 3.24. The Bertz CT molecular complexity index is 732. The van der Waals surface area contributed by atoms with Crippen LogP contribution in [0.2, 0.25) is 0 Å². The van der Waals surface area contributed by atoms with Crippen molar-refractivity contribution in [2.45, 2.75) is 25.9 Å². The summed E-state index contributed by atoms with van der Waals surface area (Å²) >= 11 is 3.28. The number of rotatable bonds is 9. The molecule has 1 aromatic heterocycles. The van der Waals surface area contributed by atoms with Gasteiger partial charge < -0.3 is 19.2 Å². The molecule has 0 spiro atoms. The van der Waals surface area contributed by atoms with Crippen LogP contribution in [0.1, 0.15) is 18.2 Å². The van der Waals surface area contributed by atoms with E-state index in [1.165, 1.54) is 0 Å². The first-order valence-corrected chi connectivity index (χ1v) is 9.17. The Hall–Kier alpha value is -1.99. The molecule has 0 saturated heterocycles. The van der Waals surface area contributed by atoms with E-state index in [2.05, 4.69) is 21.2 Å². The largest absolute Gasteiger partial charge is 0.493 e.